The number of amides is 1. The lowest BCUT2D eigenvalue weighted by atomic mass is 10.0. The van der Waals surface area contributed by atoms with Crippen molar-refractivity contribution in [1.82, 2.24) is 14.9 Å². The number of H-pyrrole nitrogens is 1. The molecule has 0 radical (unpaired) electrons. The molecule has 31 heavy (non-hydrogen) atoms. The first-order valence-electron chi connectivity index (χ1n) is 10.2. The van der Waals surface area contributed by atoms with Crippen LogP contribution in [0.1, 0.15) is 35.6 Å². The van der Waals surface area contributed by atoms with E-state index in [4.69, 9.17) is 0 Å². The summed E-state index contributed by atoms with van der Waals surface area (Å²) < 4.78 is 26.7. The van der Waals surface area contributed by atoms with E-state index in [1.54, 1.807) is 18.7 Å². The molecule has 2 aromatic heterocycles. The summed E-state index contributed by atoms with van der Waals surface area (Å²) in [6.45, 7) is 7.00. The minimum absolute atomic E-state index is 0.163. The molecule has 1 N–H and O–H groups in total. The third-order valence-corrected chi connectivity index (χ3v) is 5.37. The van der Waals surface area contributed by atoms with Gasteiger partial charge in [0.05, 0.1) is 5.52 Å². The average molecular weight is 425 g/mol. The second-order valence-corrected chi connectivity index (χ2v) is 7.54. The van der Waals surface area contributed by atoms with Gasteiger partial charge in [0.2, 0.25) is 6.41 Å². The molecule has 3 aromatic rings. The van der Waals surface area contributed by atoms with Gasteiger partial charge in [0.25, 0.3) is 5.56 Å². The van der Waals surface area contributed by atoms with Gasteiger partial charge in [0.15, 0.2) is 11.6 Å². The van der Waals surface area contributed by atoms with Crippen molar-refractivity contribution in [3.63, 3.8) is 0 Å². The van der Waals surface area contributed by atoms with Crippen molar-refractivity contribution in [2.24, 2.45) is 0 Å². The molecule has 1 aliphatic heterocycles. The molecular formula is C24H25F2N3O2. The monoisotopic (exact) mass is 425 g/mol. The fraction of sp³-hybridized carbons (Fsp3) is 0.292. The van der Waals surface area contributed by atoms with Crippen molar-refractivity contribution in [2.75, 3.05) is 13.1 Å². The van der Waals surface area contributed by atoms with E-state index in [9.17, 15) is 18.4 Å². The number of aromatic nitrogens is 2. The van der Waals surface area contributed by atoms with Crippen LogP contribution >= 0.6 is 0 Å². The summed E-state index contributed by atoms with van der Waals surface area (Å²) >= 11 is 0. The molecule has 3 heterocycles. The highest BCUT2D eigenvalue weighted by atomic mass is 19.2. The Kier molecular flexibility index (Phi) is 6.95. The van der Waals surface area contributed by atoms with Gasteiger partial charge in [-0.25, -0.2) is 8.78 Å². The quantitative estimate of drug-likeness (QED) is 0.636. The molecule has 1 aromatic carbocycles. The highest BCUT2D eigenvalue weighted by molar-refractivity contribution is 5.83. The fourth-order valence-electron chi connectivity index (χ4n) is 3.76. The minimum Gasteiger partial charge on any atom is -0.341 e. The Morgan fingerprint density at radius 1 is 1.23 bits per heavy atom. The number of pyridine rings is 2. The van der Waals surface area contributed by atoms with Crippen LogP contribution in [0.15, 0.2) is 41.5 Å². The SMILES string of the molecule is CCc1c(C)c2c(F)c(F)ccc2[nH]c1=O.Cc1cncc(C2=CCCN(C=O)C2)c1. The predicted octanol–water partition coefficient (Wildman–Crippen LogP) is 4.31. The smallest absolute Gasteiger partial charge is 0.251 e. The fourth-order valence-corrected chi connectivity index (χ4v) is 3.76. The van der Waals surface area contributed by atoms with Crippen LogP contribution in [0.25, 0.3) is 16.5 Å². The van der Waals surface area contributed by atoms with E-state index in [1.807, 2.05) is 19.3 Å². The van der Waals surface area contributed by atoms with Gasteiger partial charge in [-0.15, -0.1) is 0 Å². The van der Waals surface area contributed by atoms with Crippen LogP contribution in [0.3, 0.4) is 0 Å². The number of aromatic amines is 1. The number of rotatable bonds is 3. The van der Waals surface area contributed by atoms with Crippen molar-refractivity contribution in [2.45, 2.75) is 33.6 Å². The Labute approximate surface area is 179 Å². The van der Waals surface area contributed by atoms with Crippen molar-refractivity contribution in [3.05, 3.63) is 80.9 Å². The van der Waals surface area contributed by atoms with Crippen molar-refractivity contribution >= 4 is 22.9 Å². The summed E-state index contributed by atoms with van der Waals surface area (Å²) in [6, 6.07) is 4.49. The van der Waals surface area contributed by atoms with Crippen LogP contribution in [-0.2, 0) is 11.2 Å². The summed E-state index contributed by atoms with van der Waals surface area (Å²) in [5.74, 6) is -1.80. The molecule has 0 fully saturated rings. The first kappa shape index (κ1) is 22.3. The third kappa shape index (κ3) is 4.87. The predicted molar refractivity (Wildman–Crippen MR) is 118 cm³/mol. The molecule has 162 valence electrons. The number of halogens is 2. The number of carbonyl (C=O) groups is 1. The van der Waals surface area contributed by atoms with Gasteiger partial charge in [-0.05, 0) is 67.2 Å². The molecule has 0 bridgehead atoms. The van der Waals surface area contributed by atoms with E-state index in [1.165, 1.54) is 11.6 Å². The molecule has 0 spiro atoms. The lowest BCUT2D eigenvalue weighted by molar-refractivity contribution is -0.117. The number of benzene rings is 1. The van der Waals surface area contributed by atoms with E-state index < -0.39 is 11.6 Å². The molecule has 0 unspecified atom stereocenters. The second-order valence-electron chi connectivity index (χ2n) is 7.54. The van der Waals surface area contributed by atoms with Crippen LogP contribution in [-0.4, -0.2) is 34.4 Å². The molecule has 7 heteroatoms. The lowest BCUT2D eigenvalue weighted by Gasteiger charge is -2.23. The van der Waals surface area contributed by atoms with Gasteiger partial charge < -0.3 is 9.88 Å². The normalized spacial score (nSPS) is 13.5. The number of carbonyl (C=O) groups excluding carboxylic acids is 1. The van der Waals surface area contributed by atoms with Crippen LogP contribution in [0.5, 0.6) is 0 Å². The number of hydrogen-bond acceptors (Lipinski definition) is 3. The van der Waals surface area contributed by atoms with Gasteiger partial charge in [0, 0.05) is 36.4 Å². The third-order valence-electron chi connectivity index (χ3n) is 5.37. The zero-order chi connectivity index (χ0) is 22.5. The van der Waals surface area contributed by atoms with Crippen molar-refractivity contribution in [1.29, 1.82) is 0 Å². The Balaban J connectivity index is 0.000000176. The summed E-state index contributed by atoms with van der Waals surface area (Å²) in [5.41, 5.74) is 4.58. The second kappa shape index (κ2) is 9.64. The molecule has 4 rings (SSSR count). The molecule has 0 atom stereocenters. The summed E-state index contributed by atoms with van der Waals surface area (Å²) in [6.07, 6.45) is 8.22. The van der Waals surface area contributed by atoms with E-state index in [0.717, 1.165) is 36.6 Å². The molecule has 5 nitrogen and oxygen atoms in total. The van der Waals surface area contributed by atoms with Crippen molar-refractivity contribution in [3.8, 4) is 0 Å². The minimum atomic E-state index is -0.902. The largest absolute Gasteiger partial charge is 0.341 e. The van der Waals surface area contributed by atoms with Gasteiger partial charge in [-0.3, -0.25) is 14.6 Å². The maximum atomic E-state index is 13.6. The van der Waals surface area contributed by atoms with Crippen LogP contribution in [0.2, 0.25) is 0 Å². The van der Waals surface area contributed by atoms with E-state index >= 15 is 0 Å². The zero-order valence-corrected chi connectivity index (χ0v) is 17.8. The molecular weight excluding hydrogens is 400 g/mol. The highest BCUT2D eigenvalue weighted by Gasteiger charge is 2.14. The standard InChI is InChI=1S/C12H11F2NO.C12H14N2O/c1-3-7-6(2)10-9(15-12(7)16)5-4-8(13)11(10)14;1-10-5-12(7-13-6-10)11-3-2-4-14(8-11)9-15/h4-5H,3H2,1-2H3,(H,15,16);3,5-7,9H,2,4,8H2,1H3. The number of nitrogens with one attached hydrogen (secondary N) is 1. The molecule has 0 saturated heterocycles. The average Bonchev–Trinajstić information content (AvgIpc) is 2.77. The Hall–Kier alpha value is -3.35. The summed E-state index contributed by atoms with van der Waals surface area (Å²) in [5, 5.41) is 0.163. The van der Waals surface area contributed by atoms with Crippen molar-refractivity contribution < 1.29 is 13.6 Å². The number of nitrogens with zero attached hydrogens (tertiary/aromatic N) is 2. The summed E-state index contributed by atoms with van der Waals surface area (Å²) in [4.78, 5) is 30.8. The van der Waals surface area contributed by atoms with E-state index in [-0.39, 0.29) is 10.9 Å². The maximum Gasteiger partial charge on any atom is 0.251 e. The summed E-state index contributed by atoms with van der Waals surface area (Å²) in [7, 11) is 0. The van der Waals surface area contributed by atoms with Gasteiger partial charge in [0.1, 0.15) is 0 Å². The topological polar surface area (TPSA) is 66.1 Å². The van der Waals surface area contributed by atoms with E-state index in [0.29, 0.717) is 29.6 Å². The maximum absolute atomic E-state index is 13.6. The van der Waals surface area contributed by atoms with E-state index in [2.05, 4.69) is 22.1 Å². The van der Waals surface area contributed by atoms with Gasteiger partial charge in [-0.1, -0.05) is 13.0 Å². The number of fused-ring (bicyclic) bond motifs is 1. The Morgan fingerprint density at radius 3 is 2.68 bits per heavy atom. The van der Waals surface area contributed by atoms with Crippen LogP contribution in [0.4, 0.5) is 8.78 Å². The molecule has 0 aliphatic carbocycles. The lowest BCUT2D eigenvalue weighted by Crippen LogP contribution is -2.27. The molecule has 1 aliphatic rings. The Bertz CT molecular complexity index is 1200. The van der Waals surface area contributed by atoms with Crippen LogP contribution < -0.4 is 5.56 Å². The number of aryl methyl sites for hydroxylation is 2. The highest BCUT2D eigenvalue weighted by Crippen LogP contribution is 2.23. The Morgan fingerprint density at radius 2 is 2.00 bits per heavy atom. The molecule has 1 amide bonds. The first-order valence-corrected chi connectivity index (χ1v) is 10.2. The van der Waals surface area contributed by atoms with Gasteiger partial charge >= 0.3 is 0 Å². The van der Waals surface area contributed by atoms with Crippen LogP contribution in [0, 0.1) is 25.5 Å². The van der Waals surface area contributed by atoms with Gasteiger partial charge in [-0.2, -0.15) is 0 Å². The number of hydrogen-bond donors (Lipinski definition) is 1. The molecule has 0 saturated carbocycles. The first-order chi connectivity index (χ1) is 14.8. The zero-order valence-electron chi connectivity index (χ0n) is 17.8.